The zero-order valence-corrected chi connectivity index (χ0v) is 9.37. The van der Waals surface area contributed by atoms with Gasteiger partial charge in [0.1, 0.15) is 11.6 Å². The van der Waals surface area contributed by atoms with E-state index in [9.17, 15) is 14.3 Å². The molecule has 92 valence electrons. The van der Waals surface area contributed by atoms with Crippen LogP contribution in [0, 0.1) is 5.82 Å². The monoisotopic (exact) mass is 238 g/mol. The van der Waals surface area contributed by atoms with Gasteiger partial charge in [0.05, 0.1) is 6.54 Å². The molecule has 5 heteroatoms. The van der Waals surface area contributed by atoms with Gasteiger partial charge < -0.3 is 15.7 Å². The van der Waals surface area contributed by atoms with E-state index >= 15 is 0 Å². The van der Waals surface area contributed by atoms with Crippen LogP contribution in [0.2, 0.25) is 0 Å². The van der Waals surface area contributed by atoms with Crippen LogP contribution in [0.4, 0.5) is 4.39 Å². The summed E-state index contributed by atoms with van der Waals surface area (Å²) in [5.41, 5.74) is 0.613. The molecule has 3 N–H and O–H groups in total. The highest BCUT2D eigenvalue weighted by atomic mass is 19.1. The fourth-order valence-corrected chi connectivity index (χ4v) is 1.56. The fourth-order valence-electron chi connectivity index (χ4n) is 1.56. The summed E-state index contributed by atoms with van der Waals surface area (Å²) in [6, 6.07) is 4.19. The van der Waals surface area contributed by atoms with Crippen LogP contribution >= 0.6 is 0 Å². The molecule has 4 nitrogen and oxygen atoms in total. The van der Waals surface area contributed by atoms with Crippen LogP contribution in [0.3, 0.4) is 0 Å². The summed E-state index contributed by atoms with van der Waals surface area (Å²) >= 11 is 0. The topological polar surface area (TPSA) is 61.4 Å². The highest BCUT2D eigenvalue weighted by Crippen LogP contribution is 2.18. The molecule has 17 heavy (non-hydrogen) atoms. The Kier molecular flexibility index (Phi) is 3.58. The Hall–Kier alpha value is -1.62. The molecule has 1 aliphatic rings. The molecule has 1 fully saturated rings. The number of halogens is 1. The molecule has 1 aromatic carbocycles. The highest BCUT2D eigenvalue weighted by molar-refractivity contribution is 5.78. The van der Waals surface area contributed by atoms with Gasteiger partial charge in [-0.15, -0.1) is 0 Å². The van der Waals surface area contributed by atoms with Gasteiger partial charge in [0.25, 0.3) is 0 Å². The van der Waals surface area contributed by atoms with Crippen LogP contribution in [0.25, 0.3) is 0 Å². The molecule has 2 rings (SSSR count). The summed E-state index contributed by atoms with van der Waals surface area (Å²) in [6.07, 6.45) is 2.12. The summed E-state index contributed by atoms with van der Waals surface area (Å²) in [6.45, 7) is 0.553. The van der Waals surface area contributed by atoms with E-state index in [4.69, 9.17) is 0 Å². The van der Waals surface area contributed by atoms with Gasteiger partial charge in [-0.05, 0) is 30.5 Å². The van der Waals surface area contributed by atoms with Crippen molar-refractivity contribution in [3.63, 3.8) is 0 Å². The molecule has 0 aliphatic heterocycles. The second-order valence-electron chi connectivity index (χ2n) is 4.26. The van der Waals surface area contributed by atoms with E-state index < -0.39 is 5.82 Å². The van der Waals surface area contributed by atoms with E-state index in [1.54, 1.807) is 0 Å². The minimum Gasteiger partial charge on any atom is -0.508 e. The lowest BCUT2D eigenvalue weighted by molar-refractivity contribution is -0.120. The average molecular weight is 238 g/mol. The lowest BCUT2D eigenvalue weighted by Crippen LogP contribution is -2.34. The van der Waals surface area contributed by atoms with Crippen molar-refractivity contribution in [1.82, 2.24) is 10.6 Å². The van der Waals surface area contributed by atoms with Gasteiger partial charge in [-0.2, -0.15) is 0 Å². The Morgan fingerprint density at radius 3 is 2.82 bits per heavy atom. The summed E-state index contributed by atoms with van der Waals surface area (Å²) in [4.78, 5) is 11.3. The van der Waals surface area contributed by atoms with Crippen LogP contribution in [0.5, 0.6) is 5.75 Å². The van der Waals surface area contributed by atoms with Crippen molar-refractivity contribution in [2.45, 2.75) is 25.4 Å². The smallest absolute Gasteiger partial charge is 0.234 e. The largest absolute Gasteiger partial charge is 0.508 e. The number of hydrogen-bond donors (Lipinski definition) is 3. The van der Waals surface area contributed by atoms with Crippen LogP contribution in [0.1, 0.15) is 18.4 Å². The Balaban J connectivity index is 1.74. The predicted molar refractivity (Wildman–Crippen MR) is 60.9 cm³/mol. The average Bonchev–Trinajstić information content (AvgIpc) is 3.00. The van der Waals surface area contributed by atoms with Crippen LogP contribution in [0.15, 0.2) is 18.2 Å². The van der Waals surface area contributed by atoms with E-state index in [2.05, 4.69) is 10.6 Å². The number of benzene rings is 1. The van der Waals surface area contributed by atoms with Gasteiger partial charge in [-0.1, -0.05) is 0 Å². The number of carbonyl (C=O) groups is 1. The van der Waals surface area contributed by atoms with Crippen molar-refractivity contribution in [1.29, 1.82) is 0 Å². The lowest BCUT2D eigenvalue weighted by atomic mass is 10.2. The quantitative estimate of drug-likeness (QED) is 0.714. The number of rotatable bonds is 5. The molecule has 0 aromatic heterocycles. The minimum absolute atomic E-state index is 0.0480. The molecule has 0 heterocycles. The first kappa shape index (κ1) is 11.9. The molecule has 1 aromatic rings. The van der Waals surface area contributed by atoms with Crippen LogP contribution in [-0.2, 0) is 11.3 Å². The molecule has 0 spiro atoms. The van der Waals surface area contributed by atoms with E-state index in [1.165, 1.54) is 12.1 Å². The SMILES string of the molecule is O=C(CNCc1cc(O)cc(F)c1)NC1CC1. The molecule has 0 bridgehead atoms. The van der Waals surface area contributed by atoms with Gasteiger partial charge in [-0.25, -0.2) is 4.39 Å². The molecule has 1 amide bonds. The first-order valence-electron chi connectivity index (χ1n) is 5.62. The van der Waals surface area contributed by atoms with E-state index in [0.717, 1.165) is 18.9 Å². The Labute approximate surface area is 98.8 Å². The van der Waals surface area contributed by atoms with Crippen LogP contribution in [-0.4, -0.2) is 23.6 Å². The van der Waals surface area contributed by atoms with Crippen molar-refractivity contribution in [3.8, 4) is 5.75 Å². The third kappa shape index (κ3) is 4.03. The molecular formula is C12H15FN2O2. The second-order valence-corrected chi connectivity index (χ2v) is 4.26. The molecule has 1 aliphatic carbocycles. The van der Waals surface area contributed by atoms with Crippen molar-refractivity contribution in [2.75, 3.05) is 6.54 Å². The number of amides is 1. The fraction of sp³-hybridized carbons (Fsp3) is 0.417. The molecule has 0 unspecified atom stereocenters. The Bertz CT molecular complexity index is 399. The van der Waals surface area contributed by atoms with E-state index in [-0.39, 0.29) is 18.2 Å². The summed E-state index contributed by atoms with van der Waals surface area (Å²) in [5.74, 6) is -0.637. The maximum Gasteiger partial charge on any atom is 0.234 e. The summed E-state index contributed by atoms with van der Waals surface area (Å²) in [7, 11) is 0. The maximum atomic E-state index is 12.9. The predicted octanol–water partition coefficient (Wildman–Crippen LogP) is 0.900. The van der Waals surface area contributed by atoms with Gasteiger partial charge >= 0.3 is 0 Å². The number of carbonyl (C=O) groups excluding carboxylic acids is 1. The van der Waals surface area contributed by atoms with Crippen molar-refractivity contribution in [2.24, 2.45) is 0 Å². The summed E-state index contributed by atoms with van der Waals surface area (Å²) in [5, 5.41) is 14.9. The molecule has 0 radical (unpaired) electrons. The zero-order valence-electron chi connectivity index (χ0n) is 9.37. The standard InChI is InChI=1S/C12H15FN2O2/c13-9-3-8(4-11(16)5-9)6-14-7-12(17)15-10-1-2-10/h3-5,10,14,16H,1-2,6-7H2,(H,15,17). The molecule has 1 saturated carbocycles. The normalized spacial score (nSPS) is 14.6. The third-order valence-electron chi connectivity index (χ3n) is 2.50. The van der Waals surface area contributed by atoms with Gasteiger partial charge in [-0.3, -0.25) is 4.79 Å². The third-order valence-corrected chi connectivity index (χ3v) is 2.50. The van der Waals surface area contributed by atoms with Gasteiger partial charge in [0, 0.05) is 18.7 Å². The minimum atomic E-state index is -0.482. The lowest BCUT2D eigenvalue weighted by Gasteiger charge is -2.06. The Morgan fingerprint density at radius 2 is 2.18 bits per heavy atom. The number of phenols is 1. The first-order valence-corrected chi connectivity index (χ1v) is 5.62. The van der Waals surface area contributed by atoms with Crippen LogP contribution < -0.4 is 10.6 Å². The van der Waals surface area contributed by atoms with Gasteiger partial charge in [0.15, 0.2) is 0 Å². The number of nitrogens with one attached hydrogen (secondary N) is 2. The number of phenolic OH excluding ortho intramolecular Hbond substituents is 1. The molecular weight excluding hydrogens is 223 g/mol. The van der Waals surface area contributed by atoms with Gasteiger partial charge in [0.2, 0.25) is 5.91 Å². The number of aromatic hydroxyl groups is 1. The van der Waals surface area contributed by atoms with E-state index in [1.807, 2.05) is 0 Å². The number of hydrogen-bond acceptors (Lipinski definition) is 3. The summed E-state index contributed by atoms with van der Waals surface area (Å²) < 4.78 is 12.9. The van der Waals surface area contributed by atoms with Crippen molar-refractivity contribution in [3.05, 3.63) is 29.6 Å². The molecule has 0 saturated heterocycles. The second kappa shape index (κ2) is 5.14. The van der Waals surface area contributed by atoms with Crippen molar-refractivity contribution < 1.29 is 14.3 Å². The Morgan fingerprint density at radius 1 is 1.41 bits per heavy atom. The highest BCUT2D eigenvalue weighted by Gasteiger charge is 2.22. The molecule has 0 atom stereocenters. The maximum absolute atomic E-state index is 12.9. The van der Waals surface area contributed by atoms with Crippen molar-refractivity contribution >= 4 is 5.91 Å². The zero-order chi connectivity index (χ0) is 12.3. The van der Waals surface area contributed by atoms with E-state index in [0.29, 0.717) is 18.2 Å². The first-order chi connectivity index (χ1) is 8.13.